The molecule has 0 aromatic carbocycles. The third-order valence-electron chi connectivity index (χ3n) is 3.42. The predicted octanol–water partition coefficient (Wildman–Crippen LogP) is 2.50. The smallest absolute Gasteiger partial charge is 0.0728 e. The molecule has 1 fully saturated rings. The van der Waals surface area contributed by atoms with Gasteiger partial charge in [0, 0.05) is 18.8 Å². The second kappa shape index (κ2) is 3.30. The minimum absolute atomic E-state index is 0.522. The third kappa shape index (κ3) is 1.76. The van der Waals surface area contributed by atoms with Crippen molar-refractivity contribution >= 4 is 5.69 Å². The van der Waals surface area contributed by atoms with Crippen LogP contribution in [0.15, 0.2) is 12.4 Å². The number of nitrogens with one attached hydrogen (secondary N) is 1. The quantitative estimate of drug-likeness (QED) is 0.796. The molecule has 3 nitrogen and oxygen atoms in total. The molecule has 0 radical (unpaired) electrons. The van der Waals surface area contributed by atoms with E-state index in [1.165, 1.54) is 12.8 Å². The van der Waals surface area contributed by atoms with Crippen molar-refractivity contribution in [1.82, 2.24) is 9.78 Å². The fourth-order valence-electron chi connectivity index (χ4n) is 1.67. The summed E-state index contributed by atoms with van der Waals surface area (Å²) in [5, 5.41) is 7.76. The SMILES string of the molecule is CCn1cc(NC(C)C2(C)CC2)cn1. The maximum atomic E-state index is 4.24. The van der Waals surface area contributed by atoms with Crippen molar-refractivity contribution in [3.63, 3.8) is 0 Å². The molecular weight excluding hydrogens is 174 g/mol. The Hall–Kier alpha value is -0.990. The summed E-state index contributed by atoms with van der Waals surface area (Å²) in [7, 11) is 0. The number of nitrogens with zero attached hydrogens (tertiary/aromatic N) is 2. The van der Waals surface area contributed by atoms with E-state index in [-0.39, 0.29) is 0 Å². The molecule has 1 atom stereocenters. The molecule has 14 heavy (non-hydrogen) atoms. The van der Waals surface area contributed by atoms with E-state index in [1.54, 1.807) is 0 Å². The van der Waals surface area contributed by atoms with E-state index < -0.39 is 0 Å². The Morgan fingerprint density at radius 1 is 1.64 bits per heavy atom. The molecule has 1 aliphatic rings. The highest BCUT2D eigenvalue weighted by Gasteiger charge is 2.42. The van der Waals surface area contributed by atoms with Crippen LogP contribution in [0.1, 0.15) is 33.6 Å². The highest BCUT2D eigenvalue weighted by molar-refractivity contribution is 5.40. The van der Waals surface area contributed by atoms with E-state index in [0.717, 1.165) is 12.2 Å². The van der Waals surface area contributed by atoms with Gasteiger partial charge in [-0.3, -0.25) is 4.68 Å². The van der Waals surface area contributed by atoms with Crippen molar-refractivity contribution in [2.45, 2.75) is 46.2 Å². The average Bonchev–Trinajstić information content (AvgIpc) is 2.77. The molecule has 78 valence electrons. The predicted molar refractivity (Wildman–Crippen MR) is 58.3 cm³/mol. The lowest BCUT2D eigenvalue weighted by Gasteiger charge is -2.20. The lowest BCUT2D eigenvalue weighted by molar-refractivity contribution is 0.493. The lowest BCUT2D eigenvalue weighted by Crippen LogP contribution is -2.24. The van der Waals surface area contributed by atoms with Crippen molar-refractivity contribution in [3.8, 4) is 0 Å². The maximum absolute atomic E-state index is 4.24. The van der Waals surface area contributed by atoms with E-state index >= 15 is 0 Å². The zero-order valence-electron chi connectivity index (χ0n) is 9.25. The van der Waals surface area contributed by atoms with Gasteiger partial charge in [0.25, 0.3) is 0 Å². The summed E-state index contributed by atoms with van der Waals surface area (Å²) in [4.78, 5) is 0. The first-order valence-electron chi connectivity index (χ1n) is 5.43. The summed E-state index contributed by atoms with van der Waals surface area (Å²) in [6.07, 6.45) is 6.68. The summed E-state index contributed by atoms with van der Waals surface area (Å²) < 4.78 is 1.95. The Balaban J connectivity index is 1.96. The van der Waals surface area contributed by atoms with Crippen LogP contribution in [0.4, 0.5) is 5.69 Å². The van der Waals surface area contributed by atoms with Crippen molar-refractivity contribution in [1.29, 1.82) is 0 Å². The summed E-state index contributed by atoms with van der Waals surface area (Å²) in [6, 6.07) is 0.553. The first-order valence-corrected chi connectivity index (χ1v) is 5.43. The van der Waals surface area contributed by atoms with Crippen LogP contribution < -0.4 is 5.32 Å². The van der Waals surface area contributed by atoms with Gasteiger partial charge in [0.1, 0.15) is 0 Å². The van der Waals surface area contributed by atoms with Gasteiger partial charge in [-0.15, -0.1) is 0 Å². The molecule has 1 N–H and O–H groups in total. The lowest BCUT2D eigenvalue weighted by atomic mass is 10.0. The first kappa shape index (κ1) is 9.56. The molecule has 0 bridgehead atoms. The Kier molecular flexibility index (Phi) is 2.25. The summed E-state index contributed by atoms with van der Waals surface area (Å²) >= 11 is 0. The molecule has 0 saturated heterocycles. The van der Waals surface area contributed by atoms with Gasteiger partial charge in [0.15, 0.2) is 0 Å². The highest BCUT2D eigenvalue weighted by atomic mass is 15.3. The van der Waals surface area contributed by atoms with Gasteiger partial charge in [-0.2, -0.15) is 5.10 Å². The van der Waals surface area contributed by atoms with E-state index in [9.17, 15) is 0 Å². The minimum atomic E-state index is 0.522. The summed E-state index contributed by atoms with van der Waals surface area (Å²) in [5.74, 6) is 0. The van der Waals surface area contributed by atoms with Gasteiger partial charge in [-0.1, -0.05) is 6.92 Å². The monoisotopic (exact) mass is 193 g/mol. The molecule has 0 aliphatic heterocycles. The maximum Gasteiger partial charge on any atom is 0.0728 e. The second-order valence-corrected chi connectivity index (χ2v) is 4.60. The molecule has 0 amide bonds. The van der Waals surface area contributed by atoms with Crippen molar-refractivity contribution in [2.75, 3.05) is 5.32 Å². The molecule has 2 rings (SSSR count). The molecule has 1 aliphatic carbocycles. The third-order valence-corrected chi connectivity index (χ3v) is 3.42. The fraction of sp³-hybridized carbons (Fsp3) is 0.727. The number of aryl methyl sites for hydroxylation is 1. The molecule has 0 spiro atoms. The van der Waals surface area contributed by atoms with E-state index in [4.69, 9.17) is 0 Å². The number of aromatic nitrogens is 2. The number of anilines is 1. The van der Waals surface area contributed by atoms with Crippen molar-refractivity contribution in [2.24, 2.45) is 5.41 Å². The topological polar surface area (TPSA) is 29.9 Å². The zero-order valence-corrected chi connectivity index (χ0v) is 9.25. The Bertz CT molecular complexity index is 312. The van der Waals surface area contributed by atoms with Crippen LogP contribution in [-0.2, 0) is 6.54 Å². The Labute approximate surface area is 85.5 Å². The van der Waals surface area contributed by atoms with Crippen molar-refractivity contribution in [3.05, 3.63) is 12.4 Å². The second-order valence-electron chi connectivity index (χ2n) is 4.60. The largest absolute Gasteiger partial charge is 0.380 e. The Morgan fingerprint density at radius 3 is 2.86 bits per heavy atom. The fourth-order valence-corrected chi connectivity index (χ4v) is 1.67. The molecule has 1 heterocycles. The van der Waals surface area contributed by atoms with Gasteiger partial charge in [0.2, 0.25) is 0 Å². The highest BCUT2D eigenvalue weighted by Crippen LogP contribution is 2.48. The molecule has 1 aromatic heterocycles. The van der Waals surface area contributed by atoms with Crippen molar-refractivity contribution < 1.29 is 0 Å². The first-order chi connectivity index (χ1) is 6.64. The molecule has 1 saturated carbocycles. The van der Waals surface area contributed by atoms with E-state index in [0.29, 0.717) is 11.5 Å². The molecule has 3 heteroatoms. The van der Waals surface area contributed by atoms with E-state index in [2.05, 4.69) is 37.4 Å². The molecular formula is C11H19N3. The van der Waals surface area contributed by atoms with Crippen LogP contribution in [0.3, 0.4) is 0 Å². The zero-order chi connectivity index (χ0) is 10.2. The minimum Gasteiger partial charge on any atom is -0.380 e. The van der Waals surface area contributed by atoms with Crippen LogP contribution in [-0.4, -0.2) is 15.8 Å². The standard InChI is InChI=1S/C11H19N3/c1-4-14-8-10(7-12-14)13-9(2)11(3)5-6-11/h7-9,13H,4-6H2,1-3H3. The van der Waals surface area contributed by atoms with Crippen LogP contribution in [0.25, 0.3) is 0 Å². The average molecular weight is 193 g/mol. The van der Waals surface area contributed by atoms with Gasteiger partial charge in [-0.05, 0) is 32.1 Å². The van der Waals surface area contributed by atoms with Crippen LogP contribution in [0.5, 0.6) is 0 Å². The normalized spacial score (nSPS) is 20.5. The summed E-state index contributed by atoms with van der Waals surface area (Å²) in [6.45, 7) is 7.64. The molecule has 1 aromatic rings. The number of rotatable bonds is 4. The van der Waals surface area contributed by atoms with Gasteiger partial charge in [0.05, 0.1) is 11.9 Å². The summed E-state index contributed by atoms with van der Waals surface area (Å²) in [5.41, 5.74) is 1.67. The van der Waals surface area contributed by atoms with Crippen LogP contribution in [0.2, 0.25) is 0 Å². The molecule has 1 unspecified atom stereocenters. The Morgan fingerprint density at radius 2 is 2.36 bits per heavy atom. The van der Waals surface area contributed by atoms with Crippen LogP contribution >= 0.6 is 0 Å². The van der Waals surface area contributed by atoms with Gasteiger partial charge >= 0.3 is 0 Å². The number of hydrogen-bond acceptors (Lipinski definition) is 2. The number of hydrogen-bond donors (Lipinski definition) is 1. The van der Waals surface area contributed by atoms with E-state index in [1.807, 2.05) is 10.9 Å². The van der Waals surface area contributed by atoms with Crippen LogP contribution in [0, 0.1) is 5.41 Å². The van der Waals surface area contributed by atoms with Gasteiger partial charge in [-0.25, -0.2) is 0 Å². The van der Waals surface area contributed by atoms with Gasteiger partial charge < -0.3 is 5.32 Å².